The summed E-state index contributed by atoms with van der Waals surface area (Å²) in [5.74, 6) is 0.0290. The predicted molar refractivity (Wildman–Crippen MR) is 47.9 cm³/mol. The van der Waals surface area contributed by atoms with Crippen LogP contribution in [0.2, 0.25) is 0 Å². The molecular formula is C9H13N3O. The van der Waals surface area contributed by atoms with E-state index in [-0.39, 0.29) is 11.4 Å². The molecule has 1 aromatic rings. The number of carbonyl (C=O) groups excluding carboxylic acids is 1. The summed E-state index contributed by atoms with van der Waals surface area (Å²) in [5, 5.41) is 7.06. The zero-order valence-corrected chi connectivity index (χ0v) is 7.87. The van der Waals surface area contributed by atoms with Crippen molar-refractivity contribution in [2.24, 2.45) is 7.05 Å². The number of carbonyl (C=O) groups is 1. The average molecular weight is 179 g/mol. The van der Waals surface area contributed by atoms with Crippen molar-refractivity contribution in [2.75, 3.05) is 0 Å². The van der Waals surface area contributed by atoms with Crippen molar-refractivity contribution in [3.8, 4) is 0 Å². The fourth-order valence-electron chi connectivity index (χ4n) is 1.62. The van der Waals surface area contributed by atoms with Crippen LogP contribution in [0.3, 0.4) is 0 Å². The zero-order valence-electron chi connectivity index (χ0n) is 7.87. The van der Waals surface area contributed by atoms with Crippen LogP contribution in [-0.4, -0.2) is 15.7 Å². The lowest BCUT2D eigenvalue weighted by Crippen LogP contribution is -2.32. The summed E-state index contributed by atoms with van der Waals surface area (Å²) in [6.07, 6.45) is 5.84. The molecule has 1 N–H and O–H groups in total. The third-order valence-electron chi connectivity index (χ3n) is 2.42. The molecule has 0 bridgehead atoms. The van der Waals surface area contributed by atoms with Crippen molar-refractivity contribution in [1.82, 2.24) is 15.1 Å². The van der Waals surface area contributed by atoms with E-state index in [0.29, 0.717) is 0 Å². The molecule has 1 heterocycles. The molecule has 0 aromatic carbocycles. The second-order valence-electron chi connectivity index (χ2n) is 3.67. The van der Waals surface area contributed by atoms with Crippen molar-refractivity contribution in [3.63, 3.8) is 0 Å². The van der Waals surface area contributed by atoms with Gasteiger partial charge in [0.2, 0.25) is 5.91 Å². The van der Waals surface area contributed by atoms with E-state index in [9.17, 15) is 4.79 Å². The minimum absolute atomic E-state index is 0.0290. The van der Waals surface area contributed by atoms with Crippen LogP contribution >= 0.6 is 0 Å². The van der Waals surface area contributed by atoms with Crippen LogP contribution < -0.4 is 5.32 Å². The SMILES string of the molecule is CC(=O)NC1(c2cnn(C)c2)CC1. The highest BCUT2D eigenvalue weighted by atomic mass is 16.1. The summed E-state index contributed by atoms with van der Waals surface area (Å²) in [7, 11) is 1.88. The largest absolute Gasteiger partial charge is 0.347 e. The van der Waals surface area contributed by atoms with Crippen molar-refractivity contribution in [1.29, 1.82) is 0 Å². The Morgan fingerprint density at radius 2 is 2.38 bits per heavy atom. The Hall–Kier alpha value is -1.32. The van der Waals surface area contributed by atoms with Crippen LogP contribution in [0, 0.1) is 0 Å². The molecule has 70 valence electrons. The van der Waals surface area contributed by atoms with Gasteiger partial charge in [-0.3, -0.25) is 9.48 Å². The molecule has 0 aliphatic heterocycles. The smallest absolute Gasteiger partial charge is 0.217 e. The van der Waals surface area contributed by atoms with Gasteiger partial charge >= 0.3 is 0 Å². The Kier molecular flexibility index (Phi) is 1.65. The van der Waals surface area contributed by atoms with Gasteiger partial charge in [-0.15, -0.1) is 0 Å². The minimum Gasteiger partial charge on any atom is -0.347 e. The summed E-state index contributed by atoms with van der Waals surface area (Å²) in [4.78, 5) is 10.9. The molecule has 2 rings (SSSR count). The Labute approximate surface area is 76.9 Å². The summed E-state index contributed by atoms with van der Waals surface area (Å²) in [6, 6.07) is 0. The maximum absolute atomic E-state index is 10.9. The highest BCUT2D eigenvalue weighted by Crippen LogP contribution is 2.45. The highest BCUT2D eigenvalue weighted by Gasteiger charge is 2.45. The van der Waals surface area contributed by atoms with Crippen LogP contribution in [0.1, 0.15) is 25.3 Å². The maximum atomic E-state index is 10.9. The second-order valence-corrected chi connectivity index (χ2v) is 3.67. The molecule has 0 atom stereocenters. The maximum Gasteiger partial charge on any atom is 0.217 e. The van der Waals surface area contributed by atoms with Crippen LogP contribution in [0.15, 0.2) is 12.4 Å². The topological polar surface area (TPSA) is 46.9 Å². The zero-order chi connectivity index (χ0) is 9.47. The number of aromatic nitrogens is 2. The molecule has 0 spiro atoms. The molecule has 0 radical (unpaired) electrons. The van der Waals surface area contributed by atoms with E-state index in [1.165, 1.54) is 0 Å². The summed E-state index contributed by atoms with van der Waals surface area (Å²) < 4.78 is 1.76. The molecule has 1 aromatic heterocycles. The van der Waals surface area contributed by atoms with E-state index in [1.807, 2.05) is 19.4 Å². The average Bonchev–Trinajstić information content (AvgIpc) is 2.65. The molecule has 13 heavy (non-hydrogen) atoms. The number of hydrogen-bond acceptors (Lipinski definition) is 2. The Morgan fingerprint density at radius 3 is 2.77 bits per heavy atom. The van der Waals surface area contributed by atoms with E-state index in [4.69, 9.17) is 0 Å². The molecule has 0 saturated heterocycles. The first-order valence-corrected chi connectivity index (χ1v) is 4.40. The van der Waals surface area contributed by atoms with Crippen molar-refractivity contribution < 1.29 is 4.79 Å². The molecule has 1 aliphatic carbocycles. The van der Waals surface area contributed by atoms with Gasteiger partial charge in [0.1, 0.15) is 0 Å². The van der Waals surface area contributed by atoms with Crippen LogP contribution in [0.25, 0.3) is 0 Å². The van der Waals surface area contributed by atoms with Gasteiger partial charge in [0.05, 0.1) is 11.7 Å². The minimum atomic E-state index is -0.0971. The Balaban J connectivity index is 2.20. The van der Waals surface area contributed by atoms with Crippen molar-refractivity contribution >= 4 is 5.91 Å². The third-order valence-corrected chi connectivity index (χ3v) is 2.42. The molecule has 1 aliphatic rings. The predicted octanol–water partition coefficient (Wildman–Crippen LogP) is 0.545. The van der Waals surface area contributed by atoms with E-state index >= 15 is 0 Å². The first-order valence-electron chi connectivity index (χ1n) is 4.40. The first kappa shape index (κ1) is 8.29. The van der Waals surface area contributed by atoms with E-state index in [1.54, 1.807) is 11.6 Å². The van der Waals surface area contributed by atoms with Crippen molar-refractivity contribution in [2.45, 2.75) is 25.3 Å². The Morgan fingerprint density at radius 1 is 1.69 bits per heavy atom. The highest BCUT2D eigenvalue weighted by molar-refractivity contribution is 5.74. The fraction of sp³-hybridized carbons (Fsp3) is 0.556. The summed E-state index contributed by atoms with van der Waals surface area (Å²) in [5.41, 5.74) is 1.02. The molecule has 0 unspecified atom stereocenters. The van der Waals surface area contributed by atoms with Gasteiger partial charge in [-0.05, 0) is 12.8 Å². The molecule has 1 fully saturated rings. The lowest BCUT2D eigenvalue weighted by atomic mass is 10.1. The standard InChI is InChI=1S/C9H13N3O/c1-7(13)11-9(3-4-9)8-5-10-12(2)6-8/h5-6H,3-4H2,1-2H3,(H,11,13). The normalized spacial score (nSPS) is 18.3. The van der Waals surface area contributed by atoms with E-state index in [0.717, 1.165) is 18.4 Å². The molecular weight excluding hydrogens is 166 g/mol. The van der Waals surface area contributed by atoms with Gasteiger partial charge < -0.3 is 5.32 Å². The summed E-state index contributed by atoms with van der Waals surface area (Å²) >= 11 is 0. The monoisotopic (exact) mass is 179 g/mol. The van der Waals surface area contributed by atoms with Crippen molar-refractivity contribution in [3.05, 3.63) is 18.0 Å². The second kappa shape index (κ2) is 2.58. The molecule has 1 amide bonds. The number of hydrogen-bond donors (Lipinski definition) is 1. The van der Waals surface area contributed by atoms with Gasteiger partial charge in [-0.25, -0.2) is 0 Å². The lowest BCUT2D eigenvalue weighted by molar-refractivity contribution is -0.120. The van der Waals surface area contributed by atoms with Crippen LogP contribution in [0.5, 0.6) is 0 Å². The fourth-order valence-corrected chi connectivity index (χ4v) is 1.62. The number of amides is 1. The van der Waals surface area contributed by atoms with Crippen LogP contribution in [0.4, 0.5) is 0 Å². The molecule has 1 saturated carbocycles. The molecule has 4 heteroatoms. The number of rotatable bonds is 2. The van der Waals surface area contributed by atoms with Gasteiger partial charge in [-0.2, -0.15) is 5.10 Å². The Bertz CT molecular complexity index is 338. The summed E-state index contributed by atoms with van der Waals surface area (Å²) in [6.45, 7) is 1.55. The van der Waals surface area contributed by atoms with E-state index < -0.39 is 0 Å². The van der Waals surface area contributed by atoms with Crippen LogP contribution in [-0.2, 0) is 17.4 Å². The first-order chi connectivity index (χ1) is 6.12. The van der Waals surface area contributed by atoms with Gasteiger partial charge in [0, 0.05) is 25.7 Å². The lowest BCUT2D eigenvalue weighted by Gasteiger charge is -2.13. The number of nitrogens with zero attached hydrogens (tertiary/aromatic N) is 2. The van der Waals surface area contributed by atoms with Gasteiger partial charge in [-0.1, -0.05) is 0 Å². The van der Waals surface area contributed by atoms with Gasteiger partial charge in [0.15, 0.2) is 0 Å². The molecule has 4 nitrogen and oxygen atoms in total. The quantitative estimate of drug-likeness (QED) is 0.720. The van der Waals surface area contributed by atoms with Gasteiger partial charge in [0.25, 0.3) is 0 Å². The van der Waals surface area contributed by atoms with E-state index in [2.05, 4.69) is 10.4 Å². The third kappa shape index (κ3) is 1.43. The number of aryl methyl sites for hydroxylation is 1. The number of nitrogens with one attached hydrogen (secondary N) is 1.